The third kappa shape index (κ3) is 4.25. The third-order valence-electron chi connectivity index (χ3n) is 4.06. The molecule has 0 unspecified atom stereocenters. The summed E-state index contributed by atoms with van der Waals surface area (Å²) >= 11 is 0. The fourth-order valence-corrected chi connectivity index (χ4v) is 6.29. The number of rotatable bonds is 6. The second-order valence-electron chi connectivity index (χ2n) is 5.74. The van der Waals surface area contributed by atoms with E-state index in [0.29, 0.717) is 0 Å². The molecule has 1 N–H and O–H groups in total. The van der Waals surface area contributed by atoms with Gasteiger partial charge < -0.3 is 0 Å². The molecule has 0 radical (unpaired) electrons. The van der Waals surface area contributed by atoms with Crippen molar-refractivity contribution in [3.63, 3.8) is 0 Å². The van der Waals surface area contributed by atoms with Crippen LogP contribution in [0.2, 0.25) is 0 Å². The molecule has 0 spiro atoms. The Morgan fingerprint density at radius 2 is 1.22 bits per heavy atom. The third-order valence-corrected chi connectivity index (χ3v) is 7.67. The summed E-state index contributed by atoms with van der Waals surface area (Å²) in [6.07, 6.45) is 2.96. The summed E-state index contributed by atoms with van der Waals surface area (Å²) in [7, 11) is -0.910. The van der Waals surface area contributed by atoms with Gasteiger partial charge in [-0.2, -0.15) is 0 Å². The molecule has 0 aromatic heterocycles. The van der Waals surface area contributed by atoms with Crippen LogP contribution in [0.15, 0.2) is 108 Å². The van der Waals surface area contributed by atoms with Gasteiger partial charge >= 0.3 is 0 Å². The molecule has 3 rings (SSSR count). The van der Waals surface area contributed by atoms with Crippen molar-refractivity contribution >= 4 is 28.9 Å². The molecule has 0 heterocycles. The van der Waals surface area contributed by atoms with Gasteiger partial charge in [0.05, 0.1) is 14.2 Å². The summed E-state index contributed by atoms with van der Waals surface area (Å²) in [5, 5.41) is 3.37. The Kier molecular flexibility index (Phi) is 6.37. The van der Waals surface area contributed by atoms with Gasteiger partial charge in [-0.05, 0) is 0 Å². The molecule has 0 aliphatic rings. The van der Waals surface area contributed by atoms with Crippen molar-refractivity contribution in [1.29, 1.82) is 0 Å². The lowest BCUT2D eigenvalue weighted by molar-refractivity contribution is -0.126. The minimum atomic E-state index is -2.31. The highest BCUT2D eigenvalue weighted by Gasteiger charge is 2.26. The van der Waals surface area contributed by atoms with Crippen molar-refractivity contribution in [3.05, 3.63) is 103 Å². The smallest absolute Gasteiger partial charge is 0.269 e. The maximum absolute atomic E-state index is 11.8. The number of nitrogens with zero attached hydrogens (tertiary/aromatic N) is 1. The average Bonchev–Trinajstić information content (AvgIpc) is 2.73. The highest BCUT2D eigenvalue weighted by Crippen LogP contribution is 2.46. The van der Waals surface area contributed by atoms with E-state index in [1.54, 1.807) is 6.20 Å². The molecule has 0 aliphatic carbocycles. The molecule has 5 heteroatoms. The Balaban J connectivity index is 2.28. The van der Waals surface area contributed by atoms with Crippen molar-refractivity contribution in [3.8, 4) is 0 Å². The Morgan fingerprint density at radius 3 is 1.59 bits per heavy atom. The first kappa shape index (κ1) is 18.8. The van der Waals surface area contributed by atoms with Crippen LogP contribution in [-0.2, 0) is 9.63 Å². The molecular formula is C22H21N2O2P. The first-order valence-corrected chi connectivity index (χ1v) is 10.3. The topological polar surface area (TPSA) is 50.7 Å². The molecule has 0 atom stereocenters. The first-order valence-electron chi connectivity index (χ1n) is 8.55. The molecule has 0 fully saturated rings. The molecular weight excluding hydrogens is 355 g/mol. The Morgan fingerprint density at radius 1 is 0.815 bits per heavy atom. The standard InChI is InChI=1S/C22H21N2O2P/c1-26-24-22(25)17-18-23-27(19-11-5-2-6-12-19,20-13-7-3-8-14-20)21-15-9-4-10-16-21/h2-18H,1H3,(H,24,25)/b18-17-. The van der Waals surface area contributed by atoms with Crippen molar-refractivity contribution < 1.29 is 9.63 Å². The second-order valence-corrected chi connectivity index (χ2v) is 8.79. The Bertz CT molecular complexity index is 852. The van der Waals surface area contributed by atoms with E-state index in [-0.39, 0.29) is 5.91 Å². The van der Waals surface area contributed by atoms with Crippen LogP contribution in [-0.4, -0.2) is 13.0 Å². The van der Waals surface area contributed by atoms with Crippen LogP contribution in [0.5, 0.6) is 0 Å². The zero-order chi connectivity index (χ0) is 19.0. The molecule has 1 amide bonds. The summed E-state index contributed by atoms with van der Waals surface area (Å²) < 4.78 is 5.00. The maximum atomic E-state index is 11.8. The second kappa shape index (κ2) is 9.13. The average molecular weight is 376 g/mol. The fourth-order valence-electron chi connectivity index (χ4n) is 2.91. The molecule has 3 aromatic carbocycles. The van der Waals surface area contributed by atoms with Crippen LogP contribution in [0.4, 0.5) is 0 Å². The quantitative estimate of drug-likeness (QED) is 0.407. The van der Waals surface area contributed by atoms with Gasteiger partial charge in [0.25, 0.3) is 5.91 Å². The van der Waals surface area contributed by atoms with Gasteiger partial charge in [0.1, 0.15) is 0 Å². The maximum Gasteiger partial charge on any atom is 0.269 e. The number of nitrogens with one attached hydrogen (secondary N) is 1. The van der Waals surface area contributed by atoms with Crippen molar-refractivity contribution in [2.45, 2.75) is 0 Å². The normalized spacial score (nSPS) is 11.3. The molecule has 0 bridgehead atoms. The minimum absolute atomic E-state index is 0.353. The number of benzene rings is 3. The van der Waals surface area contributed by atoms with Crippen molar-refractivity contribution in [2.75, 3.05) is 7.11 Å². The van der Waals surface area contributed by atoms with Crippen LogP contribution in [0.3, 0.4) is 0 Å². The van der Waals surface area contributed by atoms with Crippen LogP contribution < -0.4 is 21.4 Å². The Labute approximate surface area is 159 Å². The van der Waals surface area contributed by atoms with Gasteiger partial charge in [0.2, 0.25) is 0 Å². The van der Waals surface area contributed by atoms with Crippen LogP contribution >= 0.6 is 7.05 Å². The fraction of sp³-hybridized carbons (Fsp3) is 0.0455. The van der Waals surface area contributed by atoms with Gasteiger partial charge in [0.15, 0.2) is 0 Å². The van der Waals surface area contributed by atoms with E-state index >= 15 is 0 Å². The SMILES string of the molecule is CONC(=O)/C=C\N=P(c1ccccc1)(c1ccccc1)c1ccccc1. The number of hydrogen-bond acceptors (Lipinski definition) is 3. The molecule has 136 valence electrons. The molecule has 27 heavy (non-hydrogen) atoms. The highest BCUT2D eigenvalue weighted by molar-refractivity contribution is 7.87. The van der Waals surface area contributed by atoms with E-state index in [1.807, 2.05) is 54.6 Å². The molecule has 0 saturated heterocycles. The van der Waals surface area contributed by atoms with Crippen molar-refractivity contribution in [1.82, 2.24) is 5.48 Å². The van der Waals surface area contributed by atoms with E-state index in [1.165, 1.54) is 13.2 Å². The summed E-state index contributed by atoms with van der Waals surface area (Å²) in [4.78, 5) is 16.4. The van der Waals surface area contributed by atoms with Gasteiger partial charge in [-0.3, -0.25) is 14.4 Å². The number of carbonyl (C=O) groups excluding carboxylic acids is 1. The van der Waals surface area contributed by atoms with Crippen molar-refractivity contribution in [2.24, 2.45) is 4.74 Å². The monoisotopic (exact) mass is 376 g/mol. The highest BCUT2D eigenvalue weighted by atomic mass is 31.2. The zero-order valence-corrected chi connectivity index (χ0v) is 15.9. The lowest BCUT2D eigenvalue weighted by Gasteiger charge is -2.26. The number of amides is 1. The minimum Gasteiger partial charge on any atom is -0.277 e. The van der Waals surface area contributed by atoms with Gasteiger partial charge in [0, 0.05) is 28.2 Å². The predicted molar refractivity (Wildman–Crippen MR) is 112 cm³/mol. The number of hydroxylamine groups is 1. The molecule has 0 saturated carbocycles. The molecule has 3 aromatic rings. The van der Waals surface area contributed by atoms with E-state index in [0.717, 1.165) is 15.9 Å². The first-order chi connectivity index (χ1) is 13.3. The van der Waals surface area contributed by atoms with E-state index in [4.69, 9.17) is 4.74 Å². The molecule has 4 nitrogen and oxygen atoms in total. The summed E-state index contributed by atoms with van der Waals surface area (Å²) in [6.45, 7) is 0. The summed E-state index contributed by atoms with van der Waals surface area (Å²) in [5.41, 5.74) is 2.28. The van der Waals surface area contributed by atoms with Gasteiger partial charge in [-0.1, -0.05) is 91.0 Å². The molecule has 0 aliphatic heterocycles. The lowest BCUT2D eigenvalue weighted by atomic mass is 10.4. The zero-order valence-electron chi connectivity index (χ0n) is 15.0. The van der Waals surface area contributed by atoms with Gasteiger partial charge in [-0.15, -0.1) is 0 Å². The van der Waals surface area contributed by atoms with Crippen LogP contribution in [0.1, 0.15) is 0 Å². The summed E-state index contributed by atoms with van der Waals surface area (Å²) in [5.74, 6) is -0.353. The van der Waals surface area contributed by atoms with Crippen LogP contribution in [0.25, 0.3) is 0 Å². The number of carbonyl (C=O) groups is 1. The number of hydrogen-bond donors (Lipinski definition) is 1. The van der Waals surface area contributed by atoms with E-state index in [2.05, 4.69) is 46.7 Å². The predicted octanol–water partition coefficient (Wildman–Crippen LogP) is 3.36. The van der Waals surface area contributed by atoms with E-state index in [9.17, 15) is 4.79 Å². The van der Waals surface area contributed by atoms with Gasteiger partial charge in [-0.25, -0.2) is 5.48 Å². The lowest BCUT2D eigenvalue weighted by Crippen LogP contribution is -2.25. The largest absolute Gasteiger partial charge is 0.277 e. The van der Waals surface area contributed by atoms with Crippen LogP contribution in [0, 0.1) is 0 Å². The van der Waals surface area contributed by atoms with E-state index < -0.39 is 7.05 Å². The Hall–Kier alpha value is -2.94. The summed E-state index contributed by atoms with van der Waals surface area (Å²) in [6, 6.07) is 30.7.